The van der Waals surface area contributed by atoms with Gasteiger partial charge in [0.05, 0.1) is 11.5 Å². The van der Waals surface area contributed by atoms with E-state index in [0.29, 0.717) is 29.4 Å². The van der Waals surface area contributed by atoms with Crippen molar-refractivity contribution in [3.8, 4) is 11.5 Å². The summed E-state index contributed by atoms with van der Waals surface area (Å²) in [6.45, 7) is 4.01. The molecule has 3 aromatic carbocycles. The summed E-state index contributed by atoms with van der Waals surface area (Å²) in [5, 5.41) is 2.18. The van der Waals surface area contributed by atoms with Crippen LogP contribution in [-0.2, 0) is 16.2 Å². The van der Waals surface area contributed by atoms with Gasteiger partial charge in [0.2, 0.25) is 5.91 Å². The summed E-state index contributed by atoms with van der Waals surface area (Å²) < 4.78 is 24.7. The highest BCUT2D eigenvalue weighted by Gasteiger charge is 2.36. The van der Waals surface area contributed by atoms with Crippen molar-refractivity contribution < 1.29 is 28.2 Å². The zero-order valence-corrected chi connectivity index (χ0v) is 21.1. The van der Waals surface area contributed by atoms with Crippen LogP contribution in [0.3, 0.4) is 0 Å². The average Bonchev–Trinajstić information content (AvgIpc) is 3.13. The van der Waals surface area contributed by atoms with Crippen molar-refractivity contribution in [2.24, 2.45) is 0 Å². The second-order valence-corrected chi connectivity index (χ2v) is 9.23. The maximum Gasteiger partial charge on any atom is 0.294 e. The number of ether oxygens (including phenoxy) is 2. The summed E-state index contributed by atoms with van der Waals surface area (Å²) in [6, 6.07) is 18.4. The summed E-state index contributed by atoms with van der Waals surface area (Å²) in [5.74, 6) is -0.365. The Hall–Kier alpha value is -4.11. The molecule has 9 heteroatoms. The maximum atomic E-state index is 13.1. The van der Waals surface area contributed by atoms with E-state index in [4.69, 9.17) is 9.47 Å². The minimum atomic E-state index is -0.538. The van der Waals surface area contributed by atoms with Gasteiger partial charge in [0.1, 0.15) is 19.0 Å². The van der Waals surface area contributed by atoms with Crippen molar-refractivity contribution >= 4 is 40.6 Å². The van der Waals surface area contributed by atoms with Crippen LogP contribution in [0.25, 0.3) is 6.08 Å². The molecule has 1 saturated heterocycles. The Labute approximate surface area is 218 Å². The van der Waals surface area contributed by atoms with E-state index in [1.165, 1.54) is 12.1 Å². The maximum absolute atomic E-state index is 13.1. The van der Waals surface area contributed by atoms with Gasteiger partial charge in [0.15, 0.2) is 11.5 Å². The van der Waals surface area contributed by atoms with E-state index in [9.17, 15) is 18.8 Å². The number of imide groups is 1. The molecule has 1 N–H and O–H groups in total. The van der Waals surface area contributed by atoms with E-state index in [1.807, 2.05) is 26.0 Å². The van der Waals surface area contributed by atoms with Crippen LogP contribution in [0.2, 0.25) is 0 Å². The van der Waals surface area contributed by atoms with E-state index in [1.54, 1.807) is 48.5 Å². The fourth-order valence-corrected chi connectivity index (χ4v) is 4.35. The van der Waals surface area contributed by atoms with Crippen molar-refractivity contribution in [3.05, 3.63) is 94.1 Å². The molecule has 0 atom stereocenters. The molecule has 0 aliphatic carbocycles. The molecule has 0 bridgehead atoms. The first-order chi connectivity index (χ1) is 17.8. The molecule has 1 aliphatic heterocycles. The van der Waals surface area contributed by atoms with Crippen LogP contribution in [0.15, 0.2) is 71.6 Å². The molecule has 0 radical (unpaired) electrons. The molecular weight excluding hydrogens is 495 g/mol. The first-order valence-corrected chi connectivity index (χ1v) is 12.4. The molecule has 0 aromatic heterocycles. The lowest BCUT2D eigenvalue weighted by Crippen LogP contribution is -2.36. The summed E-state index contributed by atoms with van der Waals surface area (Å²) in [6.07, 6.45) is 1.58. The largest absolute Gasteiger partial charge is 0.490 e. The van der Waals surface area contributed by atoms with Crippen LogP contribution in [-0.4, -0.2) is 35.1 Å². The van der Waals surface area contributed by atoms with Gasteiger partial charge in [-0.1, -0.05) is 35.9 Å². The number of hydrogen-bond donors (Lipinski definition) is 1. The van der Waals surface area contributed by atoms with Gasteiger partial charge in [-0.15, -0.1) is 0 Å². The van der Waals surface area contributed by atoms with Crippen LogP contribution in [0.1, 0.15) is 23.6 Å². The minimum Gasteiger partial charge on any atom is -0.490 e. The number of nitrogens with zero attached hydrogens (tertiary/aromatic N) is 1. The predicted molar refractivity (Wildman–Crippen MR) is 141 cm³/mol. The third-order valence-corrected chi connectivity index (χ3v) is 6.29. The monoisotopic (exact) mass is 520 g/mol. The fraction of sp³-hybridized carbons (Fsp3) is 0.179. The number of anilines is 1. The van der Waals surface area contributed by atoms with Crippen molar-refractivity contribution in [2.75, 3.05) is 18.5 Å². The quantitative estimate of drug-likeness (QED) is 0.360. The van der Waals surface area contributed by atoms with Gasteiger partial charge < -0.3 is 14.8 Å². The van der Waals surface area contributed by atoms with Crippen LogP contribution in [0.5, 0.6) is 11.5 Å². The lowest BCUT2D eigenvalue weighted by atomic mass is 10.1. The normalized spacial score (nSPS) is 14.2. The van der Waals surface area contributed by atoms with E-state index < -0.39 is 17.1 Å². The molecule has 37 heavy (non-hydrogen) atoms. The van der Waals surface area contributed by atoms with Crippen LogP contribution < -0.4 is 14.8 Å². The van der Waals surface area contributed by atoms with Crippen molar-refractivity contribution in [1.29, 1.82) is 0 Å². The fourth-order valence-electron chi connectivity index (χ4n) is 3.51. The molecule has 1 aliphatic rings. The first kappa shape index (κ1) is 26.0. The molecule has 3 aromatic rings. The topological polar surface area (TPSA) is 84.9 Å². The molecular formula is C28H25FN2O5S. The van der Waals surface area contributed by atoms with E-state index >= 15 is 0 Å². The third kappa shape index (κ3) is 6.77. The number of carbonyl (C=O) groups excluding carboxylic acids is 3. The Morgan fingerprint density at radius 3 is 2.43 bits per heavy atom. The Morgan fingerprint density at radius 1 is 1.00 bits per heavy atom. The molecule has 3 amide bonds. The number of hydrogen-bond acceptors (Lipinski definition) is 6. The molecule has 4 rings (SSSR count). The highest BCUT2D eigenvalue weighted by Crippen LogP contribution is 2.35. The van der Waals surface area contributed by atoms with Gasteiger partial charge in [-0.25, -0.2) is 4.39 Å². The Bertz CT molecular complexity index is 1340. The minimum absolute atomic E-state index is 0.204. The smallest absolute Gasteiger partial charge is 0.294 e. The third-order valence-electron chi connectivity index (χ3n) is 5.38. The number of halogens is 1. The van der Waals surface area contributed by atoms with Crippen molar-refractivity contribution in [2.45, 2.75) is 20.5 Å². The number of amides is 3. The molecule has 190 valence electrons. The second-order valence-electron chi connectivity index (χ2n) is 8.24. The number of nitrogens with one attached hydrogen (secondary N) is 1. The van der Waals surface area contributed by atoms with Crippen LogP contribution >= 0.6 is 11.8 Å². The summed E-state index contributed by atoms with van der Waals surface area (Å²) in [7, 11) is 0. The van der Waals surface area contributed by atoms with Gasteiger partial charge in [0.25, 0.3) is 11.1 Å². The highest BCUT2D eigenvalue weighted by atomic mass is 32.2. The van der Waals surface area contributed by atoms with Gasteiger partial charge >= 0.3 is 0 Å². The molecule has 7 nitrogen and oxygen atoms in total. The first-order valence-electron chi connectivity index (χ1n) is 11.6. The van der Waals surface area contributed by atoms with E-state index in [0.717, 1.165) is 27.8 Å². The zero-order valence-electron chi connectivity index (χ0n) is 20.3. The molecule has 1 heterocycles. The average molecular weight is 521 g/mol. The van der Waals surface area contributed by atoms with E-state index in [2.05, 4.69) is 5.32 Å². The lowest BCUT2D eigenvalue weighted by molar-refractivity contribution is -0.127. The zero-order chi connectivity index (χ0) is 26.4. The number of benzene rings is 3. The second kappa shape index (κ2) is 11.7. The predicted octanol–water partition coefficient (Wildman–Crippen LogP) is 5.79. The van der Waals surface area contributed by atoms with Crippen molar-refractivity contribution in [3.63, 3.8) is 0 Å². The number of aryl methyl sites for hydroxylation is 1. The standard InChI is InChI=1S/C28H25FN2O5S/c1-3-35-24-14-20(8-13-23(24)36-17-19-6-9-21(29)10-7-19)15-25-27(33)31(28(34)37-25)16-26(32)30-22-11-4-18(2)5-12-22/h4-15H,3,16-17H2,1-2H3,(H,30,32)/b25-15-. The summed E-state index contributed by atoms with van der Waals surface area (Å²) >= 11 is 0.775. The summed E-state index contributed by atoms with van der Waals surface area (Å²) in [5.41, 5.74) is 3.07. The summed E-state index contributed by atoms with van der Waals surface area (Å²) in [4.78, 5) is 38.9. The van der Waals surface area contributed by atoms with Gasteiger partial charge in [0, 0.05) is 5.69 Å². The lowest BCUT2D eigenvalue weighted by Gasteiger charge is -2.13. The van der Waals surface area contributed by atoms with E-state index in [-0.39, 0.29) is 23.9 Å². The highest BCUT2D eigenvalue weighted by molar-refractivity contribution is 8.18. The molecule has 0 spiro atoms. The molecule has 0 saturated carbocycles. The van der Waals surface area contributed by atoms with Gasteiger partial charge in [-0.3, -0.25) is 19.3 Å². The molecule has 0 unspecified atom stereocenters. The van der Waals surface area contributed by atoms with Gasteiger partial charge in [-0.05, 0) is 79.2 Å². The van der Waals surface area contributed by atoms with Crippen molar-refractivity contribution in [1.82, 2.24) is 4.90 Å². The van der Waals surface area contributed by atoms with Crippen LogP contribution in [0.4, 0.5) is 14.9 Å². The Balaban J connectivity index is 1.44. The van der Waals surface area contributed by atoms with Crippen LogP contribution in [0, 0.1) is 12.7 Å². The molecule has 1 fully saturated rings. The SMILES string of the molecule is CCOc1cc(/C=C2\SC(=O)N(CC(=O)Nc3ccc(C)cc3)C2=O)ccc1OCc1ccc(F)cc1. The Kier molecular flexibility index (Phi) is 8.25. The number of thioether (sulfide) groups is 1. The van der Waals surface area contributed by atoms with Gasteiger partial charge in [-0.2, -0.15) is 0 Å². The Morgan fingerprint density at radius 2 is 1.73 bits per heavy atom. The number of carbonyl (C=O) groups is 3. The number of rotatable bonds is 9.